The number of amides is 1. The third-order valence-electron chi connectivity index (χ3n) is 5.17. The van der Waals surface area contributed by atoms with Crippen molar-refractivity contribution in [1.82, 2.24) is 9.62 Å². The van der Waals surface area contributed by atoms with Crippen molar-refractivity contribution in [2.75, 3.05) is 26.2 Å². The van der Waals surface area contributed by atoms with Crippen LogP contribution in [0.1, 0.15) is 24.0 Å². The number of halogens is 1. The van der Waals surface area contributed by atoms with Crippen molar-refractivity contribution in [2.45, 2.75) is 25.5 Å². The Balaban J connectivity index is 1.40. The van der Waals surface area contributed by atoms with Gasteiger partial charge in [-0.3, -0.25) is 4.79 Å². The molecule has 8 heteroatoms. The molecule has 0 aliphatic carbocycles. The van der Waals surface area contributed by atoms with Crippen molar-refractivity contribution < 1.29 is 17.9 Å². The Labute approximate surface area is 186 Å². The third kappa shape index (κ3) is 6.55. The van der Waals surface area contributed by atoms with Gasteiger partial charge in [-0.25, -0.2) is 12.7 Å². The average Bonchev–Trinajstić information content (AvgIpc) is 2.74. The number of hydrogen-bond acceptors (Lipinski definition) is 4. The molecule has 1 aliphatic rings. The van der Waals surface area contributed by atoms with Gasteiger partial charge in [-0.2, -0.15) is 0 Å². The van der Waals surface area contributed by atoms with E-state index in [1.165, 1.54) is 9.87 Å². The van der Waals surface area contributed by atoms with Crippen LogP contribution >= 0.6 is 15.9 Å². The Hall–Kier alpha value is -1.90. The SMILES string of the molecule is Cc1ccc(OCCNC(=O)C2CCN(S(=O)(=O)Cc3ccc(Br)cc3)CC2)cc1. The highest BCUT2D eigenvalue weighted by Gasteiger charge is 2.31. The van der Waals surface area contributed by atoms with Crippen LogP contribution in [0.5, 0.6) is 5.75 Å². The van der Waals surface area contributed by atoms with Crippen molar-refractivity contribution >= 4 is 31.9 Å². The fraction of sp³-hybridized carbons (Fsp3) is 0.409. The Bertz CT molecular complexity index is 938. The third-order valence-corrected chi connectivity index (χ3v) is 7.55. The van der Waals surface area contributed by atoms with E-state index in [4.69, 9.17) is 4.74 Å². The van der Waals surface area contributed by atoms with Crippen LogP contribution in [0.25, 0.3) is 0 Å². The van der Waals surface area contributed by atoms with E-state index >= 15 is 0 Å². The molecule has 2 aromatic carbocycles. The zero-order chi connectivity index (χ0) is 21.6. The number of carbonyl (C=O) groups is 1. The first-order chi connectivity index (χ1) is 14.3. The molecule has 30 heavy (non-hydrogen) atoms. The monoisotopic (exact) mass is 494 g/mol. The van der Waals surface area contributed by atoms with E-state index in [1.54, 1.807) is 12.1 Å². The molecule has 6 nitrogen and oxygen atoms in total. The van der Waals surface area contributed by atoms with Crippen molar-refractivity contribution in [3.8, 4) is 5.75 Å². The molecule has 0 saturated carbocycles. The summed E-state index contributed by atoms with van der Waals surface area (Å²) >= 11 is 3.35. The number of hydrogen-bond donors (Lipinski definition) is 1. The molecule has 3 rings (SSSR count). The first kappa shape index (κ1) is 22.8. The molecule has 1 aliphatic heterocycles. The van der Waals surface area contributed by atoms with Crippen molar-refractivity contribution in [2.24, 2.45) is 5.92 Å². The van der Waals surface area contributed by atoms with Gasteiger partial charge in [0.25, 0.3) is 0 Å². The molecule has 1 fully saturated rings. The number of rotatable bonds is 8. The van der Waals surface area contributed by atoms with Crippen LogP contribution in [-0.2, 0) is 20.6 Å². The summed E-state index contributed by atoms with van der Waals surface area (Å²) in [5.74, 6) is 0.558. The maximum absolute atomic E-state index is 12.7. The highest BCUT2D eigenvalue weighted by Crippen LogP contribution is 2.22. The molecular weight excluding hydrogens is 468 g/mol. The molecule has 0 unspecified atom stereocenters. The smallest absolute Gasteiger partial charge is 0.223 e. The van der Waals surface area contributed by atoms with E-state index in [2.05, 4.69) is 21.2 Å². The van der Waals surface area contributed by atoms with Crippen LogP contribution in [-0.4, -0.2) is 44.9 Å². The van der Waals surface area contributed by atoms with Gasteiger partial charge in [0.05, 0.1) is 12.3 Å². The van der Waals surface area contributed by atoms with Gasteiger partial charge in [0.1, 0.15) is 12.4 Å². The number of piperidine rings is 1. The quantitative estimate of drug-likeness (QED) is 0.569. The number of nitrogens with zero attached hydrogens (tertiary/aromatic N) is 1. The summed E-state index contributed by atoms with van der Waals surface area (Å²) in [5.41, 5.74) is 1.92. The predicted molar refractivity (Wildman–Crippen MR) is 121 cm³/mol. The van der Waals surface area contributed by atoms with E-state index in [1.807, 2.05) is 43.3 Å². The van der Waals surface area contributed by atoms with Crippen LogP contribution in [0.15, 0.2) is 53.0 Å². The molecule has 0 aromatic heterocycles. The van der Waals surface area contributed by atoms with Crippen molar-refractivity contribution in [1.29, 1.82) is 0 Å². The number of ether oxygens (including phenoxy) is 1. The van der Waals surface area contributed by atoms with E-state index in [0.29, 0.717) is 39.1 Å². The van der Waals surface area contributed by atoms with Gasteiger partial charge in [0, 0.05) is 23.5 Å². The normalized spacial score (nSPS) is 15.7. The van der Waals surface area contributed by atoms with Gasteiger partial charge in [-0.1, -0.05) is 45.8 Å². The number of benzene rings is 2. The molecule has 2 aromatic rings. The molecule has 0 radical (unpaired) electrons. The summed E-state index contributed by atoms with van der Waals surface area (Å²) < 4.78 is 33.4. The zero-order valence-corrected chi connectivity index (χ0v) is 19.4. The van der Waals surface area contributed by atoms with Crippen LogP contribution in [0.2, 0.25) is 0 Å². The Morgan fingerprint density at radius 1 is 1.10 bits per heavy atom. The number of nitrogens with one attached hydrogen (secondary N) is 1. The maximum atomic E-state index is 12.7. The first-order valence-electron chi connectivity index (χ1n) is 10.0. The number of carbonyl (C=O) groups excluding carboxylic acids is 1. The lowest BCUT2D eigenvalue weighted by atomic mass is 9.97. The lowest BCUT2D eigenvalue weighted by Gasteiger charge is -2.30. The summed E-state index contributed by atoms with van der Waals surface area (Å²) in [6, 6.07) is 15.1. The summed E-state index contributed by atoms with van der Waals surface area (Å²) in [4.78, 5) is 12.4. The predicted octanol–water partition coefficient (Wildman–Crippen LogP) is 3.49. The Morgan fingerprint density at radius 2 is 1.73 bits per heavy atom. The zero-order valence-electron chi connectivity index (χ0n) is 17.0. The topological polar surface area (TPSA) is 75.7 Å². The molecule has 1 N–H and O–H groups in total. The van der Waals surface area contributed by atoms with Crippen molar-refractivity contribution in [3.05, 3.63) is 64.1 Å². The molecule has 1 amide bonds. The molecular formula is C22H27BrN2O4S. The molecule has 162 valence electrons. The maximum Gasteiger partial charge on any atom is 0.223 e. The minimum atomic E-state index is -3.39. The van der Waals surface area contributed by atoms with Crippen LogP contribution < -0.4 is 10.1 Å². The van der Waals surface area contributed by atoms with E-state index in [0.717, 1.165) is 15.8 Å². The number of sulfonamides is 1. The summed E-state index contributed by atoms with van der Waals surface area (Å²) in [7, 11) is -3.39. The Morgan fingerprint density at radius 3 is 2.37 bits per heavy atom. The molecule has 0 spiro atoms. The minimum absolute atomic E-state index is 0.0203. The second kappa shape index (κ2) is 10.4. The molecule has 0 atom stereocenters. The molecule has 1 saturated heterocycles. The summed E-state index contributed by atoms with van der Waals surface area (Å²) in [6.45, 7) is 3.58. The highest BCUT2D eigenvalue weighted by molar-refractivity contribution is 9.10. The molecule has 0 bridgehead atoms. The highest BCUT2D eigenvalue weighted by atomic mass is 79.9. The summed E-state index contributed by atoms with van der Waals surface area (Å²) in [6.07, 6.45) is 1.06. The standard InChI is InChI=1S/C22H27BrN2O4S/c1-17-2-8-21(9-3-17)29-15-12-24-22(26)19-10-13-25(14-11-19)30(27,28)16-18-4-6-20(23)7-5-18/h2-9,19H,10-16H2,1H3,(H,24,26). The second-order valence-corrected chi connectivity index (χ2v) is 10.4. The number of aryl methyl sites for hydroxylation is 1. The summed E-state index contributed by atoms with van der Waals surface area (Å²) in [5, 5.41) is 2.90. The fourth-order valence-corrected chi connectivity index (χ4v) is 5.23. The van der Waals surface area contributed by atoms with Gasteiger partial charge in [0.15, 0.2) is 0 Å². The van der Waals surface area contributed by atoms with Crippen LogP contribution in [0.3, 0.4) is 0 Å². The average molecular weight is 495 g/mol. The van der Waals surface area contributed by atoms with Gasteiger partial charge in [0.2, 0.25) is 15.9 Å². The van der Waals surface area contributed by atoms with Gasteiger partial charge < -0.3 is 10.1 Å². The van der Waals surface area contributed by atoms with E-state index < -0.39 is 10.0 Å². The van der Waals surface area contributed by atoms with E-state index in [9.17, 15) is 13.2 Å². The van der Waals surface area contributed by atoms with Crippen LogP contribution in [0, 0.1) is 12.8 Å². The first-order valence-corrected chi connectivity index (χ1v) is 12.4. The fourth-order valence-electron chi connectivity index (χ4n) is 3.40. The van der Waals surface area contributed by atoms with E-state index in [-0.39, 0.29) is 17.6 Å². The Kier molecular flexibility index (Phi) is 7.91. The second-order valence-electron chi connectivity index (χ2n) is 7.51. The van der Waals surface area contributed by atoms with Crippen molar-refractivity contribution in [3.63, 3.8) is 0 Å². The van der Waals surface area contributed by atoms with Gasteiger partial charge >= 0.3 is 0 Å². The molecule has 1 heterocycles. The van der Waals surface area contributed by atoms with Gasteiger partial charge in [-0.15, -0.1) is 0 Å². The largest absolute Gasteiger partial charge is 0.492 e. The lowest BCUT2D eigenvalue weighted by Crippen LogP contribution is -2.43. The minimum Gasteiger partial charge on any atom is -0.492 e. The van der Waals surface area contributed by atoms with Crippen LogP contribution in [0.4, 0.5) is 0 Å². The van der Waals surface area contributed by atoms with Gasteiger partial charge in [-0.05, 0) is 49.6 Å². The lowest BCUT2D eigenvalue weighted by molar-refractivity contribution is -0.126.